The van der Waals surface area contributed by atoms with Gasteiger partial charge in [0.2, 0.25) is 5.75 Å². The molecule has 0 spiro atoms. The molecular formula is C27H50N3O11PSi. The largest absolute Gasteiger partial charge is 0.463 e. The zero-order valence-corrected chi connectivity index (χ0v) is 29.0. The monoisotopic (exact) mass is 651 g/mol. The van der Waals surface area contributed by atoms with Crippen molar-refractivity contribution in [3.8, 4) is 5.75 Å². The minimum Gasteiger partial charge on any atom is -0.463 e. The molecule has 14 nitrogen and oxygen atoms in total. The summed E-state index contributed by atoms with van der Waals surface area (Å²) in [5.74, 6) is -0.127. The van der Waals surface area contributed by atoms with Gasteiger partial charge in [-0.3, -0.25) is 24.2 Å². The zero-order chi connectivity index (χ0) is 32.2. The van der Waals surface area contributed by atoms with Crippen LogP contribution in [0.4, 0.5) is 0 Å². The van der Waals surface area contributed by atoms with Crippen LogP contribution in [-0.4, -0.2) is 101 Å². The minimum absolute atomic E-state index is 0.0997. The highest BCUT2D eigenvalue weighted by Crippen LogP contribution is 2.51. The first-order valence-electron chi connectivity index (χ1n) is 14.7. The second-order valence-electron chi connectivity index (χ2n) is 12.4. The molecule has 0 aromatic carbocycles. The Labute approximate surface area is 254 Å². The molecule has 3 heterocycles. The molecule has 16 heteroatoms. The molecule has 0 amide bonds. The van der Waals surface area contributed by atoms with Crippen molar-refractivity contribution in [1.29, 1.82) is 0 Å². The number of hydrogen-bond acceptors (Lipinski definition) is 12. The first-order valence-corrected chi connectivity index (χ1v) is 19.3. The van der Waals surface area contributed by atoms with E-state index in [0.29, 0.717) is 0 Å². The number of hydrogen-bond donors (Lipinski definition) is 2. The second kappa shape index (κ2) is 14.4. The Hall–Kier alpha value is -1.39. The van der Waals surface area contributed by atoms with Crippen molar-refractivity contribution < 1.29 is 41.7 Å². The third kappa shape index (κ3) is 8.46. The lowest BCUT2D eigenvalue weighted by atomic mass is 10.1. The number of methoxy groups -OCH3 is 1. The summed E-state index contributed by atoms with van der Waals surface area (Å²) in [6.45, 7) is 16.4. The molecule has 3 rings (SSSR count). The maximum Gasteiger partial charge on any atom is 0.333 e. The Balaban J connectivity index is 2.26. The smallest absolute Gasteiger partial charge is 0.333 e. The summed E-state index contributed by atoms with van der Waals surface area (Å²) in [7, 11) is -2.97. The maximum absolute atomic E-state index is 13.9. The van der Waals surface area contributed by atoms with Gasteiger partial charge in [-0.05, 0) is 46.0 Å². The van der Waals surface area contributed by atoms with Crippen LogP contribution in [0.25, 0.3) is 0 Å². The van der Waals surface area contributed by atoms with E-state index in [1.165, 1.54) is 10.8 Å². The van der Waals surface area contributed by atoms with E-state index in [2.05, 4.69) is 44.2 Å². The van der Waals surface area contributed by atoms with E-state index < -0.39 is 63.5 Å². The first kappa shape index (κ1) is 36.1. The van der Waals surface area contributed by atoms with E-state index in [-0.39, 0.29) is 50.0 Å². The fourth-order valence-electron chi connectivity index (χ4n) is 4.68. The Kier molecular flexibility index (Phi) is 12.0. The van der Waals surface area contributed by atoms with Crippen LogP contribution < -0.4 is 21.3 Å². The first-order chi connectivity index (χ1) is 20.0. The van der Waals surface area contributed by atoms with Gasteiger partial charge in [-0.1, -0.05) is 20.8 Å². The van der Waals surface area contributed by atoms with Gasteiger partial charge < -0.3 is 37.2 Å². The standard InChI is InChI=1S/C27H50N3O11PSi/c1-11-37-42(33,38-12-2)16-19-20-21(41-43(9,10)26(3,4)5)22(35-14-13-34-8)24(39-20)30-15-18(23(31)29-25(30)32)40-27(6,28-7)17-36-19/h15,19-22,24,28H,11-14,16-17H2,1-10H3,(H,29,31,32)/t19-,20-,21-,22-,24-,27?/m1/s1. The van der Waals surface area contributed by atoms with Gasteiger partial charge in [0.15, 0.2) is 20.3 Å². The third-order valence-electron chi connectivity index (χ3n) is 8.13. The highest BCUT2D eigenvalue weighted by molar-refractivity contribution is 7.53. The molecular weight excluding hydrogens is 601 g/mol. The Morgan fingerprint density at radius 1 is 1.16 bits per heavy atom. The van der Waals surface area contributed by atoms with Crippen molar-refractivity contribution in [3.63, 3.8) is 0 Å². The topological polar surface area (TPSA) is 158 Å². The van der Waals surface area contributed by atoms with Crippen molar-refractivity contribution in [2.24, 2.45) is 0 Å². The molecule has 0 aliphatic carbocycles. The fraction of sp³-hybridized carbons (Fsp3) is 0.852. The van der Waals surface area contributed by atoms with Gasteiger partial charge in [-0.25, -0.2) is 4.79 Å². The SMILES string of the molecule is CCOP(=O)(C[C@H]1OCC(C)(NC)Oc2cn(c(=O)[nH]c2=O)[C@@H]2O[C@H]1[C@@H](O[Si](C)(C)C(C)(C)C)[C@H]2OCCOC)OCC. The zero-order valence-electron chi connectivity index (χ0n) is 27.1. The number of aromatic nitrogens is 2. The summed E-state index contributed by atoms with van der Waals surface area (Å²) in [6.07, 6.45) is -3.34. The lowest BCUT2D eigenvalue weighted by Crippen LogP contribution is -2.55. The number of H-pyrrole nitrogens is 1. The van der Waals surface area contributed by atoms with Gasteiger partial charge in [0.1, 0.15) is 24.9 Å². The molecule has 6 atom stereocenters. The van der Waals surface area contributed by atoms with Gasteiger partial charge in [0.05, 0.1) is 44.9 Å². The average molecular weight is 652 g/mol. The van der Waals surface area contributed by atoms with Crippen molar-refractivity contribution in [2.45, 2.75) is 96.0 Å². The quantitative estimate of drug-likeness (QED) is 0.183. The third-order valence-corrected chi connectivity index (χ3v) is 14.7. The van der Waals surface area contributed by atoms with Gasteiger partial charge in [-0.2, -0.15) is 0 Å². The molecule has 4 bridgehead atoms. The molecule has 1 saturated heterocycles. The van der Waals surface area contributed by atoms with Crippen molar-refractivity contribution in [1.82, 2.24) is 14.9 Å². The minimum atomic E-state index is -3.67. The van der Waals surface area contributed by atoms with Crippen LogP contribution >= 0.6 is 7.60 Å². The van der Waals surface area contributed by atoms with E-state index in [4.69, 9.17) is 37.2 Å². The van der Waals surface area contributed by atoms with Gasteiger partial charge in [0.25, 0.3) is 5.56 Å². The summed E-state index contributed by atoms with van der Waals surface area (Å²) < 4.78 is 64.1. The maximum atomic E-state index is 13.9. The molecule has 2 aliphatic rings. The number of likely N-dealkylation sites (N-methyl/N-ethyl adjacent to an activating group) is 1. The highest BCUT2D eigenvalue weighted by atomic mass is 31.2. The van der Waals surface area contributed by atoms with Crippen LogP contribution in [0.5, 0.6) is 5.75 Å². The molecule has 2 aliphatic heterocycles. The highest BCUT2D eigenvalue weighted by Gasteiger charge is 2.56. The predicted molar refractivity (Wildman–Crippen MR) is 162 cm³/mol. The van der Waals surface area contributed by atoms with Crippen LogP contribution in [0, 0.1) is 0 Å². The number of ether oxygens (including phenoxy) is 5. The van der Waals surface area contributed by atoms with Gasteiger partial charge >= 0.3 is 13.3 Å². The molecule has 2 N–H and O–H groups in total. The van der Waals surface area contributed by atoms with Crippen LogP contribution in [0.15, 0.2) is 15.8 Å². The summed E-state index contributed by atoms with van der Waals surface area (Å²) in [6, 6.07) is 0. The normalized spacial score (nSPS) is 28.4. The van der Waals surface area contributed by atoms with E-state index in [1.807, 2.05) is 0 Å². The Bertz CT molecular complexity index is 1230. The van der Waals surface area contributed by atoms with E-state index in [9.17, 15) is 14.2 Å². The number of nitrogens with one attached hydrogen (secondary N) is 2. The van der Waals surface area contributed by atoms with Gasteiger partial charge in [-0.15, -0.1) is 0 Å². The van der Waals surface area contributed by atoms with Crippen LogP contribution in [0.3, 0.4) is 0 Å². The van der Waals surface area contributed by atoms with Crippen LogP contribution in [0.2, 0.25) is 18.1 Å². The number of fused-ring (bicyclic) bond motifs is 5. The fourth-order valence-corrected chi connectivity index (χ4v) is 7.81. The Morgan fingerprint density at radius 3 is 2.37 bits per heavy atom. The van der Waals surface area contributed by atoms with E-state index in [1.54, 1.807) is 34.9 Å². The second-order valence-corrected chi connectivity index (χ2v) is 19.2. The molecule has 0 radical (unpaired) electrons. The van der Waals surface area contributed by atoms with Crippen molar-refractivity contribution in [3.05, 3.63) is 27.0 Å². The summed E-state index contributed by atoms with van der Waals surface area (Å²) in [5, 5.41) is 2.84. The number of aromatic amines is 1. The summed E-state index contributed by atoms with van der Waals surface area (Å²) >= 11 is 0. The molecule has 1 aromatic heterocycles. The molecule has 1 unspecified atom stereocenters. The van der Waals surface area contributed by atoms with Gasteiger partial charge in [0, 0.05) is 7.11 Å². The molecule has 1 fully saturated rings. The van der Waals surface area contributed by atoms with Crippen LogP contribution in [-0.2, 0) is 37.0 Å². The summed E-state index contributed by atoms with van der Waals surface area (Å²) in [5.41, 5.74) is -2.65. The van der Waals surface area contributed by atoms with E-state index in [0.717, 1.165) is 0 Å². The van der Waals surface area contributed by atoms with E-state index >= 15 is 0 Å². The molecule has 43 heavy (non-hydrogen) atoms. The van der Waals surface area contributed by atoms with Crippen molar-refractivity contribution in [2.75, 3.05) is 53.4 Å². The molecule has 248 valence electrons. The predicted octanol–water partition coefficient (Wildman–Crippen LogP) is 2.84. The lowest BCUT2D eigenvalue weighted by molar-refractivity contribution is -0.125. The van der Waals surface area contributed by atoms with Crippen molar-refractivity contribution >= 4 is 15.9 Å². The van der Waals surface area contributed by atoms with Crippen LogP contribution in [0.1, 0.15) is 47.8 Å². The Morgan fingerprint density at radius 2 is 1.81 bits per heavy atom. The average Bonchev–Trinajstić information content (AvgIpc) is 3.23. The molecule has 0 saturated carbocycles. The number of rotatable bonds is 13. The lowest BCUT2D eigenvalue weighted by Gasteiger charge is -2.42. The summed E-state index contributed by atoms with van der Waals surface area (Å²) in [4.78, 5) is 28.4. The molecule has 1 aromatic rings. The number of nitrogens with zero attached hydrogens (tertiary/aromatic N) is 1.